The molecule has 2 aromatic rings. The number of carbonyl (C=O) groups is 1. The summed E-state index contributed by atoms with van der Waals surface area (Å²) in [6, 6.07) is 8.06. The van der Waals surface area contributed by atoms with E-state index in [9.17, 15) is 4.79 Å². The highest BCUT2D eigenvalue weighted by Crippen LogP contribution is 2.36. The van der Waals surface area contributed by atoms with Gasteiger partial charge in [0.15, 0.2) is 0 Å². The van der Waals surface area contributed by atoms with Gasteiger partial charge in [0.2, 0.25) is 0 Å². The van der Waals surface area contributed by atoms with Crippen molar-refractivity contribution < 1.29 is 9.53 Å². The van der Waals surface area contributed by atoms with Gasteiger partial charge in [-0.2, -0.15) is 0 Å². The number of hydrogen-bond acceptors (Lipinski definition) is 4. The molecule has 0 spiro atoms. The largest absolute Gasteiger partial charge is 0.381 e. The van der Waals surface area contributed by atoms with Gasteiger partial charge in [-0.15, -0.1) is 11.3 Å². The minimum absolute atomic E-state index is 0.0633. The highest BCUT2D eigenvalue weighted by Gasteiger charge is 2.40. The summed E-state index contributed by atoms with van der Waals surface area (Å²) in [6.07, 6.45) is 4.80. The summed E-state index contributed by atoms with van der Waals surface area (Å²) in [5.41, 5.74) is 1.67. The number of aromatic nitrogens is 1. The first kappa shape index (κ1) is 18.1. The van der Waals surface area contributed by atoms with Crippen LogP contribution in [0.5, 0.6) is 0 Å². The molecular weight excluding hydrogens is 332 g/mol. The van der Waals surface area contributed by atoms with Gasteiger partial charge in [-0.25, -0.2) is 0 Å². The van der Waals surface area contributed by atoms with Crippen molar-refractivity contribution in [2.24, 2.45) is 5.41 Å². The smallest absolute Gasteiger partial charge is 0.255 e. The third-order valence-electron chi connectivity index (χ3n) is 4.98. The molecule has 0 unspecified atom stereocenters. The van der Waals surface area contributed by atoms with E-state index in [1.54, 1.807) is 17.5 Å². The van der Waals surface area contributed by atoms with Gasteiger partial charge in [-0.1, -0.05) is 6.07 Å². The van der Waals surface area contributed by atoms with Crippen LogP contribution in [-0.4, -0.2) is 42.1 Å². The van der Waals surface area contributed by atoms with Crippen LogP contribution in [0.1, 0.15) is 40.7 Å². The van der Waals surface area contributed by atoms with E-state index in [1.165, 1.54) is 4.88 Å². The molecule has 1 saturated heterocycles. The molecule has 0 saturated carbocycles. The number of carbonyl (C=O) groups excluding carboxylic acids is 1. The molecule has 1 aliphatic heterocycles. The summed E-state index contributed by atoms with van der Waals surface area (Å²) in [7, 11) is 0. The van der Waals surface area contributed by atoms with Gasteiger partial charge >= 0.3 is 0 Å². The second-order valence-corrected chi connectivity index (χ2v) is 7.91. The molecule has 1 fully saturated rings. The minimum Gasteiger partial charge on any atom is -0.381 e. The van der Waals surface area contributed by atoms with Crippen molar-refractivity contribution in [1.82, 2.24) is 9.88 Å². The molecule has 3 heterocycles. The molecule has 5 heteroatoms. The van der Waals surface area contributed by atoms with Crippen LogP contribution >= 0.6 is 11.3 Å². The van der Waals surface area contributed by atoms with Crippen LogP contribution in [0.15, 0.2) is 35.8 Å². The topological polar surface area (TPSA) is 42.4 Å². The lowest BCUT2D eigenvalue weighted by atomic mass is 9.83. The number of ether oxygens (including phenoxy) is 1. The molecule has 0 aliphatic carbocycles. The molecule has 0 radical (unpaired) electrons. The van der Waals surface area contributed by atoms with Crippen molar-refractivity contribution >= 4 is 17.2 Å². The van der Waals surface area contributed by atoms with Crippen LogP contribution in [0, 0.1) is 12.3 Å². The SMILES string of the molecule is CCOC[C@@]1(CCc2cccs2)CCN(C(=O)c2ccc(C)nc2)C1. The van der Waals surface area contributed by atoms with Gasteiger partial charge in [0, 0.05) is 41.9 Å². The Hall–Kier alpha value is -1.72. The van der Waals surface area contributed by atoms with Gasteiger partial charge in [-0.05, 0) is 56.7 Å². The molecule has 0 bridgehead atoms. The Morgan fingerprint density at radius 3 is 2.96 bits per heavy atom. The maximum atomic E-state index is 12.8. The van der Waals surface area contributed by atoms with E-state index >= 15 is 0 Å². The molecule has 134 valence electrons. The zero-order chi connectivity index (χ0) is 17.7. The Balaban J connectivity index is 1.67. The van der Waals surface area contributed by atoms with Crippen LogP contribution in [0.4, 0.5) is 0 Å². The first-order valence-electron chi connectivity index (χ1n) is 8.94. The number of rotatable bonds is 7. The summed E-state index contributed by atoms with van der Waals surface area (Å²) in [5, 5.41) is 2.12. The Labute approximate surface area is 153 Å². The van der Waals surface area contributed by atoms with Gasteiger partial charge in [-0.3, -0.25) is 9.78 Å². The Morgan fingerprint density at radius 1 is 1.40 bits per heavy atom. The average molecular weight is 359 g/mol. The summed E-state index contributed by atoms with van der Waals surface area (Å²) in [4.78, 5) is 20.4. The number of aryl methyl sites for hydroxylation is 2. The lowest BCUT2D eigenvalue weighted by molar-refractivity contribution is 0.0466. The quantitative estimate of drug-likeness (QED) is 0.752. The average Bonchev–Trinajstić information content (AvgIpc) is 3.29. The summed E-state index contributed by atoms with van der Waals surface area (Å²) < 4.78 is 5.79. The van der Waals surface area contributed by atoms with E-state index in [2.05, 4.69) is 22.5 Å². The van der Waals surface area contributed by atoms with Crippen molar-refractivity contribution in [3.05, 3.63) is 52.0 Å². The molecule has 1 amide bonds. The molecular formula is C20H26N2O2S. The summed E-state index contributed by atoms with van der Waals surface area (Å²) in [5.74, 6) is 0.0852. The molecule has 0 N–H and O–H groups in total. The first-order valence-corrected chi connectivity index (χ1v) is 9.82. The van der Waals surface area contributed by atoms with Gasteiger partial charge < -0.3 is 9.64 Å². The zero-order valence-electron chi connectivity index (χ0n) is 15.0. The standard InChI is InChI=1S/C20H26N2O2S/c1-3-24-15-20(9-8-18-5-4-12-25-18)10-11-22(14-20)19(23)17-7-6-16(2)21-13-17/h4-7,12-13H,3,8-11,14-15H2,1-2H3/t20-/m0/s1. The third-order valence-corrected chi connectivity index (χ3v) is 5.91. The fourth-order valence-electron chi connectivity index (χ4n) is 3.44. The second kappa shape index (κ2) is 8.11. The lowest BCUT2D eigenvalue weighted by Crippen LogP contribution is -2.35. The number of amides is 1. The van der Waals surface area contributed by atoms with Crippen molar-refractivity contribution in [1.29, 1.82) is 0 Å². The van der Waals surface area contributed by atoms with Gasteiger partial charge in [0.05, 0.1) is 12.2 Å². The van der Waals surface area contributed by atoms with Crippen molar-refractivity contribution in [3.8, 4) is 0 Å². The number of thiophene rings is 1. The molecule has 25 heavy (non-hydrogen) atoms. The summed E-state index contributed by atoms with van der Waals surface area (Å²) in [6.45, 7) is 6.97. The number of nitrogens with zero attached hydrogens (tertiary/aromatic N) is 2. The molecule has 2 aromatic heterocycles. The maximum absolute atomic E-state index is 12.8. The van der Waals surface area contributed by atoms with Gasteiger partial charge in [0.1, 0.15) is 0 Å². The summed E-state index contributed by atoms with van der Waals surface area (Å²) >= 11 is 1.80. The van der Waals surface area contributed by atoms with Crippen LogP contribution in [0.3, 0.4) is 0 Å². The fraction of sp³-hybridized carbons (Fsp3) is 0.500. The van der Waals surface area contributed by atoms with Crippen molar-refractivity contribution in [2.75, 3.05) is 26.3 Å². The van der Waals surface area contributed by atoms with Crippen LogP contribution in [0.25, 0.3) is 0 Å². The highest BCUT2D eigenvalue weighted by molar-refractivity contribution is 7.09. The van der Waals surface area contributed by atoms with Crippen LogP contribution in [0.2, 0.25) is 0 Å². The predicted octanol–water partition coefficient (Wildman–Crippen LogP) is 3.95. The monoisotopic (exact) mass is 358 g/mol. The van der Waals surface area contributed by atoms with E-state index in [4.69, 9.17) is 4.74 Å². The Bertz CT molecular complexity index is 684. The predicted molar refractivity (Wildman–Crippen MR) is 101 cm³/mol. The van der Waals surface area contributed by atoms with E-state index in [-0.39, 0.29) is 11.3 Å². The van der Waals surface area contributed by atoms with Crippen molar-refractivity contribution in [3.63, 3.8) is 0 Å². The zero-order valence-corrected chi connectivity index (χ0v) is 15.8. The van der Waals surface area contributed by atoms with E-state index < -0.39 is 0 Å². The first-order chi connectivity index (χ1) is 12.1. The Kier molecular flexibility index (Phi) is 5.86. The molecule has 0 aromatic carbocycles. The lowest BCUT2D eigenvalue weighted by Gasteiger charge is -2.29. The number of hydrogen-bond donors (Lipinski definition) is 0. The third kappa shape index (κ3) is 4.47. The molecule has 3 rings (SSSR count). The molecule has 4 nitrogen and oxygen atoms in total. The van der Waals surface area contributed by atoms with E-state index in [0.717, 1.165) is 51.3 Å². The van der Waals surface area contributed by atoms with Crippen LogP contribution in [-0.2, 0) is 11.2 Å². The second-order valence-electron chi connectivity index (χ2n) is 6.88. The Morgan fingerprint density at radius 2 is 2.28 bits per heavy atom. The normalized spacial score (nSPS) is 20.2. The maximum Gasteiger partial charge on any atom is 0.255 e. The van der Waals surface area contributed by atoms with E-state index in [1.807, 2.05) is 30.9 Å². The number of pyridine rings is 1. The molecule has 1 atom stereocenters. The van der Waals surface area contributed by atoms with Gasteiger partial charge in [0.25, 0.3) is 5.91 Å². The van der Waals surface area contributed by atoms with E-state index in [0.29, 0.717) is 5.56 Å². The highest BCUT2D eigenvalue weighted by atomic mass is 32.1. The minimum atomic E-state index is 0.0633. The molecule has 1 aliphatic rings. The number of likely N-dealkylation sites (tertiary alicyclic amines) is 1. The van der Waals surface area contributed by atoms with Crippen LogP contribution < -0.4 is 0 Å². The fourth-order valence-corrected chi connectivity index (χ4v) is 4.15. The van der Waals surface area contributed by atoms with Crippen molar-refractivity contribution in [2.45, 2.75) is 33.1 Å².